The summed E-state index contributed by atoms with van der Waals surface area (Å²) in [5.74, 6) is 0. The largest absolute Gasteiger partial charge is 0.465 e. The maximum Gasteiger partial charge on any atom is 0.409 e. The van der Waals surface area contributed by atoms with E-state index in [0.717, 1.165) is 49.8 Å². The number of methoxy groups -OCH3 is 1. The van der Waals surface area contributed by atoms with E-state index in [0.29, 0.717) is 13.2 Å². The summed E-state index contributed by atoms with van der Waals surface area (Å²) in [7, 11) is 1.72. The Bertz CT molecular complexity index is 713. The first-order valence-electron chi connectivity index (χ1n) is 8.87. The van der Waals surface area contributed by atoms with Gasteiger partial charge < -0.3 is 19.1 Å². The molecule has 0 saturated carbocycles. The smallest absolute Gasteiger partial charge is 0.409 e. The molecule has 3 rings (SSSR count). The number of likely N-dealkylation sites (tertiary alicyclic amines) is 1. The zero-order valence-electron chi connectivity index (χ0n) is 14.7. The van der Waals surface area contributed by atoms with E-state index in [1.165, 1.54) is 10.4 Å². The van der Waals surface area contributed by atoms with Crippen LogP contribution in [-0.4, -0.2) is 47.2 Å². The van der Waals surface area contributed by atoms with Crippen molar-refractivity contribution in [3.8, 4) is 0 Å². The molecule has 0 aliphatic carbocycles. The normalized spacial score (nSPS) is 18.0. The van der Waals surface area contributed by atoms with Gasteiger partial charge in [0.15, 0.2) is 0 Å². The van der Waals surface area contributed by atoms with Crippen LogP contribution in [0.1, 0.15) is 31.2 Å². The fraction of sp³-hybridized carbons (Fsp3) is 0.526. The Kier molecular flexibility index (Phi) is 5.94. The van der Waals surface area contributed by atoms with Gasteiger partial charge in [-0.1, -0.05) is 12.1 Å². The summed E-state index contributed by atoms with van der Waals surface area (Å²) in [5, 5.41) is 10.5. The molecule has 136 valence electrons. The third kappa shape index (κ3) is 4.14. The molecule has 1 amide bonds. The maximum atomic E-state index is 11.3. The molecule has 0 bridgehead atoms. The van der Waals surface area contributed by atoms with Gasteiger partial charge in [-0.3, -0.25) is 4.90 Å². The van der Waals surface area contributed by atoms with Crippen LogP contribution in [0.4, 0.5) is 4.79 Å². The molecule has 1 atom stereocenters. The lowest BCUT2D eigenvalue weighted by Gasteiger charge is -2.33. The van der Waals surface area contributed by atoms with Crippen molar-refractivity contribution in [3.05, 3.63) is 36.0 Å². The second-order valence-electron chi connectivity index (χ2n) is 6.44. The van der Waals surface area contributed by atoms with Gasteiger partial charge in [-0.15, -0.1) is 0 Å². The highest BCUT2D eigenvalue weighted by Crippen LogP contribution is 2.24. The van der Waals surface area contributed by atoms with Gasteiger partial charge in [-0.05, 0) is 43.4 Å². The number of carboxylic acid groups (broad SMARTS) is 1. The standard InChI is InChI=1S/C19H26N2O4/c1-24-13-5-10-20-12-9-16-15(6-4-7-17(16)20)14-25-18-8-2-3-11-21(18)19(22)23/h4,6-7,9,12,18H,2-3,5,8,10-11,13-14H2,1H3,(H,22,23). The third-order valence-electron chi connectivity index (χ3n) is 4.78. The summed E-state index contributed by atoms with van der Waals surface area (Å²) in [4.78, 5) is 12.8. The van der Waals surface area contributed by atoms with Crippen molar-refractivity contribution in [1.82, 2.24) is 9.47 Å². The van der Waals surface area contributed by atoms with Crippen LogP contribution >= 0.6 is 0 Å². The van der Waals surface area contributed by atoms with Crippen LogP contribution in [-0.2, 0) is 22.6 Å². The molecule has 2 heterocycles. The maximum absolute atomic E-state index is 11.3. The number of aromatic nitrogens is 1. The highest BCUT2D eigenvalue weighted by molar-refractivity contribution is 5.83. The molecular weight excluding hydrogens is 320 g/mol. The van der Waals surface area contributed by atoms with E-state index in [1.807, 2.05) is 6.07 Å². The average molecular weight is 346 g/mol. The first-order valence-corrected chi connectivity index (χ1v) is 8.87. The minimum Gasteiger partial charge on any atom is -0.465 e. The molecule has 1 aliphatic rings. The van der Waals surface area contributed by atoms with Crippen LogP contribution in [0.3, 0.4) is 0 Å². The summed E-state index contributed by atoms with van der Waals surface area (Å²) < 4.78 is 13.3. The van der Waals surface area contributed by atoms with Crippen molar-refractivity contribution < 1.29 is 19.4 Å². The van der Waals surface area contributed by atoms with Crippen LogP contribution in [0.5, 0.6) is 0 Å². The summed E-state index contributed by atoms with van der Waals surface area (Å²) in [6.07, 6.45) is 4.50. The molecule has 1 fully saturated rings. The van der Waals surface area contributed by atoms with Gasteiger partial charge in [-0.2, -0.15) is 0 Å². The van der Waals surface area contributed by atoms with E-state index in [2.05, 4.69) is 29.0 Å². The lowest BCUT2D eigenvalue weighted by Crippen LogP contribution is -2.44. The molecule has 6 nitrogen and oxygen atoms in total. The molecule has 1 aliphatic heterocycles. The molecule has 6 heteroatoms. The molecule has 25 heavy (non-hydrogen) atoms. The minimum absolute atomic E-state index is 0.342. The molecule has 1 saturated heterocycles. The summed E-state index contributed by atoms with van der Waals surface area (Å²) in [6, 6.07) is 8.30. The molecule has 0 spiro atoms. The molecule has 1 N–H and O–H groups in total. The molecule has 1 unspecified atom stereocenters. The highest BCUT2D eigenvalue weighted by atomic mass is 16.5. The quantitative estimate of drug-likeness (QED) is 0.777. The van der Waals surface area contributed by atoms with E-state index in [1.54, 1.807) is 7.11 Å². The Morgan fingerprint density at radius 2 is 2.20 bits per heavy atom. The van der Waals surface area contributed by atoms with E-state index >= 15 is 0 Å². The average Bonchev–Trinajstić information content (AvgIpc) is 3.04. The molecule has 2 aromatic rings. The number of rotatable bonds is 7. The topological polar surface area (TPSA) is 63.9 Å². The van der Waals surface area contributed by atoms with Crippen molar-refractivity contribution in [2.24, 2.45) is 0 Å². The van der Waals surface area contributed by atoms with Crippen LogP contribution in [0, 0.1) is 0 Å². The molecular formula is C19H26N2O4. The molecule has 0 radical (unpaired) electrons. The number of piperidine rings is 1. The van der Waals surface area contributed by atoms with Crippen molar-refractivity contribution in [2.45, 2.75) is 45.1 Å². The van der Waals surface area contributed by atoms with Crippen LogP contribution < -0.4 is 0 Å². The van der Waals surface area contributed by atoms with E-state index < -0.39 is 6.09 Å². The summed E-state index contributed by atoms with van der Waals surface area (Å²) in [6.45, 7) is 2.64. The summed E-state index contributed by atoms with van der Waals surface area (Å²) >= 11 is 0. The van der Waals surface area contributed by atoms with Gasteiger partial charge in [0, 0.05) is 43.9 Å². The number of carbonyl (C=O) groups is 1. The van der Waals surface area contributed by atoms with Crippen LogP contribution in [0.15, 0.2) is 30.5 Å². The Morgan fingerprint density at radius 1 is 1.32 bits per heavy atom. The second-order valence-corrected chi connectivity index (χ2v) is 6.44. The Morgan fingerprint density at radius 3 is 3.00 bits per heavy atom. The minimum atomic E-state index is -0.896. The Balaban J connectivity index is 1.70. The monoisotopic (exact) mass is 346 g/mol. The predicted molar refractivity (Wildman–Crippen MR) is 95.6 cm³/mol. The lowest BCUT2D eigenvalue weighted by molar-refractivity contribution is -0.0742. The zero-order valence-corrected chi connectivity index (χ0v) is 14.7. The van der Waals surface area contributed by atoms with Gasteiger partial charge in [0.25, 0.3) is 0 Å². The number of nitrogens with zero attached hydrogens (tertiary/aromatic N) is 2. The molecule has 1 aromatic heterocycles. The van der Waals surface area contributed by atoms with Crippen molar-refractivity contribution >= 4 is 17.0 Å². The fourth-order valence-electron chi connectivity index (χ4n) is 3.47. The molecule has 1 aromatic carbocycles. The van der Waals surface area contributed by atoms with Crippen LogP contribution in [0.2, 0.25) is 0 Å². The van der Waals surface area contributed by atoms with Gasteiger partial charge in [-0.25, -0.2) is 4.79 Å². The number of hydrogen-bond donors (Lipinski definition) is 1. The number of ether oxygens (including phenoxy) is 2. The Hall–Kier alpha value is -2.05. The number of aryl methyl sites for hydroxylation is 1. The Labute approximate surface area is 147 Å². The van der Waals surface area contributed by atoms with E-state index in [4.69, 9.17) is 9.47 Å². The van der Waals surface area contributed by atoms with Gasteiger partial charge in [0.1, 0.15) is 6.23 Å². The van der Waals surface area contributed by atoms with Crippen molar-refractivity contribution in [3.63, 3.8) is 0 Å². The van der Waals surface area contributed by atoms with Crippen molar-refractivity contribution in [1.29, 1.82) is 0 Å². The van der Waals surface area contributed by atoms with Gasteiger partial charge >= 0.3 is 6.09 Å². The SMILES string of the molecule is COCCCn1ccc2c(COC3CCCCN3C(=O)O)cccc21. The van der Waals surface area contributed by atoms with Crippen molar-refractivity contribution in [2.75, 3.05) is 20.3 Å². The fourth-order valence-corrected chi connectivity index (χ4v) is 3.47. The van der Waals surface area contributed by atoms with E-state index in [-0.39, 0.29) is 6.23 Å². The van der Waals surface area contributed by atoms with Gasteiger partial charge in [0.05, 0.1) is 6.61 Å². The van der Waals surface area contributed by atoms with Crippen LogP contribution in [0.25, 0.3) is 10.9 Å². The number of amides is 1. The van der Waals surface area contributed by atoms with Gasteiger partial charge in [0.2, 0.25) is 0 Å². The highest BCUT2D eigenvalue weighted by Gasteiger charge is 2.27. The number of hydrogen-bond acceptors (Lipinski definition) is 3. The first kappa shape index (κ1) is 17.8. The third-order valence-corrected chi connectivity index (χ3v) is 4.78. The number of fused-ring (bicyclic) bond motifs is 1. The zero-order chi connectivity index (χ0) is 17.6. The summed E-state index contributed by atoms with van der Waals surface area (Å²) in [5.41, 5.74) is 2.27. The van der Waals surface area contributed by atoms with E-state index in [9.17, 15) is 9.90 Å². The lowest BCUT2D eigenvalue weighted by atomic mass is 10.1. The first-order chi connectivity index (χ1) is 12.2. The predicted octanol–water partition coefficient (Wildman–Crippen LogP) is 3.68. The second kappa shape index (κ2) is 8.36. The number of benzene rings is 1.